The van der Waals surface area contributed by atoms with E-state index in [9.17, 15) is 14.4 Å². The van der Waals surface area contributed by atoms with E-state index in [4.69, 9.17) is 4.74 Å². The highest BCUT2D eigenvalue weighted by Crippen LogP contribution is 2.16. The largest absolute Gasteiger partial charge is 0.458 e. The molecule has 2 aromatic carbocycles. The molecule has 2 aromatic heterocycles. The second-order valence-electron chi connectivity index (χ2n) is 8.07. The van der Waals surface area contributed by atoms with Crippen molar-refractivity contribution >= 4 is 46.1 Å². The fraction of sp³-hybridized carbons (Fsp3) is 0.185. The maximum atomic E-state index is 12.9. The number of thiazole rings is 1. The second kappa shape index (κ2) is 12.2. The summed E-state index contributed by atoms with van der Waals surface area (Å²) >= 11 is 2.64. The minimum atomic E-state index is -0.847. The summed E-state index contributed by atoms with van der Waals surface area (Å²) in [5.41, 5.74) is 3.20. The van der Waals surface area contributed by atoms with Gasteiger partial charge in [0.1, 0.15) is 17.7 Å². The number of ether oxygens (including phenoxy) is 1. The van der Waals surface area contributed by atoms with Gasteiger partial charge in [-0.25, -0.2) is 9.78 Å². The van der Waals surface area contributed by atoms with Gasteiger partial charge >= 0.3 is 5.97 Å². The van der Waals surface area contributed by atoms with Crippen LogP contribution in [0.4, 0.5) is 5.69 Å². The number of rotatable bonds is 10. The molecule has 0 bridgehead atoms. The molecule has 0 unspecified atom stereocenters. The number of amides is 2. The number of thiophene rings is 1. The quantitative estimate of drug-likeness (QED) is 0.294. The average molecular weight is 520 g/mol. The molecule has 36 heavy (non-hydrogen) atoms. The van der Waals surface area contributed by atoms with E-state index in [0.29, 0.717) is 22.0 Å². The van der Waals surface area contributed by atoms with Crippen molar-refractivity contribution in [3.8, 4) is 0 Å². The van der Waals surface area contributed by atoms with Crippen LogP contribution in [-0.2, 0) is 33.8 Å². The Balaban J connectivity index is 1.34. The van der Waals surface area contributed by atoms with Crippen LogP contribution in [0.25, 0.3) is 0 Å². The van der Waals surface area contributed by atoms with Crippen LogP contribution < -0.4 is 10.6 Å². The molecule has 2 heterocycles. The predicted octanol–water partition coefficient (Wildman–Crippen LogP) is 4.78. The summed E-state index contributed by atoms with van der Waals surface area (Å²) in [6.07, 6.45) is 0.429. The molecule has 4 rings (SSSR count). The van der Waals surface area contributed by atoms with Crippen molar-refractivity contribution < 1.29 is 19.1 Å². The Morgan fingerprint density at radius 3 is 2.50 bits per heavy atom. The van der Waals surface area contributed by atoms with Gasteiger partial charge in [0.05, 0.1) is 17.0 Å². The normalized spacial score (nSPS) is 11.5. The van der Waals surface area contributed by atoms with Crippen LogP contribution in [0.2, 0.25) is 0 Å². The van der Waals surface area contributed by atoms with Gasteiger partial charge in [-0.2, -0.15) is 0 Å². The second-order valence-corrected chi connectivity index (χ2v) is 9.96. The summed E-state index contributed by atoms with van der Waals surface area (Å²) < 4.78 is 5.50. The molecule has 0 fully saturated rings. The molecule has 9 heteroatoms. The molecule has 2 amide bonds. The van der Waals surface area contributed by atoms with Crippen LogP contribution >= 0.6 is 22.7 Å². The Bertz CT molecular complexity index is 1320. The lowest BCUT2D eigenvalue weighted by Crippen LogP contribution is -2.43. The van der Waals surface area contributed by atoms with Gasteiger partial charge in [0, 0.05) is 17.5 Å². The van der Waals surface area contributed by atoms with Crippen molar-refractivity contribution in [2.24, 2.45) is 0 Å². The zero-order valence-electron chi connectivity index (χ0n) is 19.6. The predicted molar refractivity (Wildman–Crippen MR) is 141 cm³/mol. The van der Waals surface area contributed by atoms with Gasteiger partial charge in [-0.1, -0.05) is 54.6 Å². The van der Waals surface area contributed by atoms with Crippen molar-refractivity contribution in [2.45, 2.75) is 32.4 Å². The Kier molecular flexibility index (Phi) is 8.59. The number of carbonyl (C=O) groups excluding carboxylic acids is 3. The van der Waals surface area contributed by atoms with Crippen molar-refractivity contribution in [3.05, 3.63) is 104 Å². The van der Waals surface area contributed by atoms with Crippen molar-refractivity contribution in [1.29, 1.82) is 0 Å². The van der Waals surface area contributed by atoms with E-state index in [0.717, 1.165) is 16.8 Å². The molecule has 0 radical (unpaired) electrons. The molecular weight excluding hydrogens is 494 g/mol. The first kappa shape index (κ1) is 25.3. The highest BCUT2D eigenvalue weighted by Gasteiger charge is 2.24. The first-order chi connectivity index (χ1) is 17.5. The Morgan fingerprint density at radius 1 is 0.972 bits per heavy atom. The molecular formula is C27H25N3O4S2. The van der Waals surface area contributed by atoms with Crippen LogP contribution in [0.15, 0.2) is 77.5 Å². The topological polar surface area (TPSA) is 97.4 Å². The van der Waals surface area contributed by atoms with Gasteiger partial charge in [-0.05, 0) is 35.6 Å². The van der Waals surface area contributed by atoms with Crippen molar-refractivity contribution in [1.82, 2.24) is 10.3 Å². The number of para-hydroxylation sites is 1. The number of benzene rings is 2. The van der Waals surface area contributed by atoms with E-state index in [-0.39, 0.29) is 24.8 Å². The molecule has 0 saturated carbocycles. The standard InChI is InChI=1S/C27H25N3O4S2/c1-18-8-5-6-11-21(18)29-24(31)15-25-28-20(17-36-25)16-34-27(33)22(14-19-9-3-2-4-10-19)30-26(32)23-12-7-13-35-23/h2-13,17,22H,14-16H2,1H3,(H,29,31)(H,30,32)/t22-/m0/s1. The Morgan fingerprint density at radius 2 is 1.75 bits per heavy atom. The lowest BCUT2D eigenvalue weighted by molar-refractivity contribution is -0.147. The van der Waals surface area contributed by atoms with Crippen LogP contribution in [0.1, 0.15) is 31.5 Å². The Labute approximate surface area is 217 Å². The molecule has 0 saturated heterocycles. The maximum absolute atomic E-state index is 12.9. The number of hydrogen-bond donors (Lipinski definition) is 2. The van der Waals surface area contributed by atoms with Gasteiger partial charge in [-0.3, -0.25) is 9.59 Å². The molecule has 184 valence electrons. The van der Waals surface area contributed by atoms with Crippen LogP contribution in [0.5, 0.6) is 0 Å². The van der Waals surface area contributed by atoms with E-state index in [2.05, 4.69) is 15.6 Å². The number of carbonyl (C=O) groups is 3. The Hall–Kier alpha value is -3.82. The SMILES string of the molecule is Cc1ccccc1NC(=O)Cc1nc(COC(=O)[C@H](Cc2ccccc2)NC(=O)c2cccs2)cs1. The number of anilines is 1. The number of aromatic nitrogens is 1. The molecule has 0 aliphatic heterocycles. The number of esters is 1. The van der Waals surface area contributed by atoms with E-state index in [1.165, 1.54) is 22.7 Å². The third-order valence-electron chi connectivity index (χ3n) is 5.31. The van der Waals surface area contributed by atoms with Gasteiger partial charge in [0.2, 0.25) is 5.91 Å². The summed E-state index contributed by atoms with van der Waals surface area (Å²) in [7, 11) is 0. The molecule has 2 N–H and O–H groups in total. The monoisotopic (exact) mass is 519 g/mol. The smallest absolute Gasteiger partial charge is 0.329 e. The molecule has 1 atom stereocenters. The van der Waals surface area contributed by atoms with Crippen LogP contribution in [0, 0.1) is 6.92 Å². The summed E-state index contributed by atoms with van der Waals surface area (Å²) in [6, 6.07) is 19.6. The van der Waals surface area contributed by atoms with E-state index in [1.54, 1.807) is 22.9 Å². The van der Waals surface area contributed by atoms with E-state index < -0.39 is 12.0 Å². The minimum Gasteiger partial charge on any atom is -0.458 e. The summed E-state index contributed by atoms with van der Waals surface area (Å²) in [5.74, 6) is -1.03. The molecule has 4 aromatic rings. The lowest BCUT2D eigenvalue weighted by Gasteiger charge is -2.17. The van der Waals surface area contributed by atoms with Gasteiger partial charge in [0.15, 0.2) is 0 Å². The summed E-state index contributed by atoms with van der Waals surface area (Å²) in [6.45, 7) is 1.88. The number of nitrogens with one attached hydrogen (secondary N) is 2. The minimum absolute atomic E-state index is 0.0467. The maximum Gasteiger partial charge on any atom is 0.329 e. The first-order valence-corrected chi connectivity index (χ1v) is 13.1. The van der Waals surface area contributed by atoms with Crippen LogP contribution in [0.3, 0.4) is 0 Å². The molecule has 7 nitrogen and oxygen atoms in total. The number of hydrogen-bond acceptors (Lipinski definition) is 7. The first-order valence-electron chi connectivity index (χ1n) is 11.3. The number of aryl methyl sites for hydroxylation is 1. The van der Waals surface area contributed by atoms with Crippen molar-refractivity contribution in [2.75, 3.05) is 5.32 Å². The highest BCUT2D eigenvalue weighted by molar-refractivity contribution is 7.12. The zero-order chi connectivity index (χ0) is 25.3. The zero-order valence-corrected chi connectivity index (χ0v) is 21.2. The lowest BCUT2D eigenvalue weighted by atomic mass is 10.1. The van der Waals surface area contributed by atoms with Crippen LogP contribution in [-0.4, -0.2) is 28.8 Å². The molecule has 0 aliphatic carbocycles. The molecule has 0 aliphatic rings. The van der Waals surface area contributed by atoms with Gasteiger partial charge in [0.25, 0.3) is 5.91 Å². The third-order valence-corrected chi connectivity index (χ3v) is 7.08. The highest BCUT2D eigenvalue weighted by atomic mass is 32.1. The fourth-order valence-electron chi connectivity index (χ4n) is 3.47. The molecule has 0 spiro atoms. The van der Waals surface area contributed by atoms with E-state index in [1.807, 2.05) is 61.5 Å². The van der Waals surface area contributed by atoms with Gasteiger partial charge < -0.3 is 15.4 Å². The number of nitrogens with zero attached hydrogens (tertiary/aromatic N) is 1. The van der Waals surface area contributed by atoms with E-state index >= 15 is 0 Å². The average Bonchev–Trinajstić information content (AvgIpc) is 3.57. The third kappa shape index (κ3) is 7.10. The summed E-state index contributed by atoms with van der Waals surface area (Å²) in [4.78, 5) is 42.9. The van der Waals surface area contributed by atoms with Crippen molar-refractivity contribution in [3.63, 3.8) is 0 Å². The summed E-state index contributed by atoms with van der Waals surface area (Å²) in [5, 5.41) is 9.87. The van der Waals surface area contributed by atoms with Gasteiger partial charge in [-0.15, -0.1) is 22.7 Å². The fourth-order valence-corrected chi connectivity index (χ4v) is 4.87.